The second kappa shape index (κ2) is 13.8. The zero-order valence-electron chi connectivity index (χ0n) is 26.8. The van der Waals surface area contributed by atoms with Crippen molar-refractivity contribution in [3.63, 3.8) is 0 Å². The Morgan fingerprint density at radius 3 is 2.63 bits per heavy atom. The fourth-order valence-electron chi connectivity index (χ4n) is 7.41. The topological polar surface area (TPSA) is 121 Å². The molecule has 12 heteroatoms. The van der Waals surface area contributed by atoms with E-state index in [2.05, 4.69) is 22.2 Å². The number of amides is 3. The summed E-state index contributed by atoms with van der Waals surface area (Å²) in [5.41, 5.74) is 9.36. The standard InChI is InChI=1S/C34H45ClN6O5/c1-23-18-24(19-27(35)31(23)36)20-29(32(43)40-13-8-25(9-14-40)39-12-5-11-38(2)16-17-39)46-33(44)41-15-10-34(22-45-41)21-30(42)37-28-7-4-3-6-26(28)34/h3-4,6-7,18-19,25,29H,5,8-17,20-22,36H2,1-2H3,(H,37,42)/t29-,34?/m1/s1. The normalized spacial score (nSPS) is 23.8. The van der Waals surface area contributed by atoms with Gasteiger partial charge in [-0.3, -0.25) is 19.3 Å². The molecule has 0 radical (unpaired) electrons. The highest BCUT2D eigenvalue weighted by Gasteiger charge is 2.45. The molecule has 4 heterocycles. The molecule has 3 amide bonds. The number of likely N-dealkylation sites (N-methyl/N-ethyl adjacent to an activating group) is 1. The van der Waals surface area contributed by atoms with Gasteiger partial charge in [-0.2, -0.15) is 5.06 Å². The number of nitrogens with one attached hydrogen (secondary N) is 1. The van der Waals surface area contributed by atoms with Crippen LogP contribution in [0.1, 0.15) is 48.8 Å². The number of anilines is 2. The number of para-hydroxylation sites is 1. The van der Waals surface area contributed by atoms with Gasteiger partial charge in [0.05, 0.1) is 23.9 Å². The van der Waals surface area contributed by atoms with Crippen molar-refractivity contribution in [1.29, 1.82) is 0 Å². The lowest BCUT2D eigenvalue weighted by atomic mass is 9.72. The Hall–Kier alpha value is -3.38. The van der Waals surface area contributed by atoms with Gasteiger partial charge in [-0.05, 0) is 81.6 Å². The number of likely N-dealkylation sites (tertiary alicyclic amines) is 1. The van der Waals surface area contributed by atoms with Gasteiger partial charge in [0, 0.05) is 56.2 Å². The highest BCUT2D eigenvalue weighted by atomic mass is 35.5. The summed E-state index contributed by atoms with van der Waals surface area (Å²) in [7, 11) is 2.17. The third-order valence-corrected chi connectivity index (χ3v) is 10.5. The van der Waals surface area contributed by atoms with Crippen LogP contribution in [0.15, 0.2) is 36.4 Å². The van der Waals surface area contributed by atoms with Crippen molar-refractivity contribution in [2.24, 2.45) is 0 Å². The molecule has 1 unspecified atom stereocenters. The molecule has 46 heavy (non-hydrogen) atoms. The van der Waals surface area contributed by atoms with Gasteiger partial charge in [0.2, 0.25) is 5.91 Å². The Bertz CT molecular complexity index is 1430. The minimum Gasteiger partial charge on any atom is -0.434 e. The number of aryl methyl sites for hydroxylation is 1. The number of hydroxylamine groups is 2. The summed E-state index contributed by atoms with van der Waals surface area (Å²) >= 11 is 6.39. The van der Waals surface area contributed by atoms with Gasteiger partial charge in [0.1, 0.15) is 0 Å². The molecular weight excluding hydrogens is 608 g/mol. The van der Waals surface area contributed by atoms with E-state index in [1.165, 1.54) is 5.06 Å². The molecule has 0 saturated carbocycles. The molecule has 0 aliphatic carbocycles. The van der Waals surface area contributed by atoms with E-state index in [1.54, 1.807) is 6.07 Å². The predicted molar refractivity (Wildman–Crippen MR) is 177 cm³/mol. The molecule has 4 aliphatic heterocycles. The maximum atomic E-state index is 14.0. The molecule has 2 aromatic rings. The van der Waals surface area contributed by atoms with Crippen LogP contribution in [0.3, 0.4) is 0 Å². The number of rotatable bonds is 5. The van der Waals surface area contributed by atoms with E-state index in [-0.39, 0.29) is 37.8 Å². The van der Waals surface area contributed by atoms with Crippen LogP contribution >= 0.6 is 11.6 Å². The number of piperidine rings is 1. The fourth-order valence-corrected chi connectivity index (χ4v) is 7.70. The Morgan fingerprint density at radius 2 is 1.89 bits per heavy atom. The van der Waals surface area contributed by atoms with Gasteiger partial charge >= 0.3 is 6.09 Å². The summed E-state index contributed by atoms with van der Waals surface area (Å²) in [5, 5.41) is 4.52. The summed E-state index contributed by atoms with van der Waals surface area (Å²) in [5.74, 6) is -0.298. The first-order valence-electron chi connectivity index (χ1n) is 16.4. The highest BCUT2D eigenvalue weighted by molar-refractivity contribution is 6.33. The smallest absolute Gasteiger partial charge is 0.434 e. The first kappa shape index (κ1) is 32.6. The van der Waals surface area contributed by atoms with Crippen LogP contribution in [0, 0.1) is 6.92 Å². The summed E-state index contributed by atoms with van der Waals surface area (Å²) < 4.78 is 5.96. The molecule has 2 atom stereocenters. The maximum absolute atomic E-state index is 14.0. The molecule has 3 saturated heterocycles. The van der Waals surface area contributed by atoms with Crippen molar-refractivity contribution in [1.82, 2.24) is 19.8 Å². The number of ether oxygens (including phenoxy) is 1. The number of fused-ring (bicyclic) bond motifs is 2. The van der Waals surface area contributed by atoms with Crippen molar-refractivity contribution in [3.05, 3.63) is 58.1 Å². The van der Waals surface area contributed by atoms with E-state index in [0.717, 1.165) is 67.8 Å². The van der Waals surface area contributed by atoms with Gasteiger partial charge in [-0.15, -0.1) is 0 Å². The van der Waals surface area contributed by atoms with Crippen molar-refractivity contribution in [2.45, 2.75) is 63.0 Å². The second-order valence-corrected chi connectivity index (χ2v) is 13.7. The van der Waals surface area contributed by atoms with Crippen LogP contribution in [-0.2, 0) is 31.0 Å². The van der Waals surface area contributed by atoms with E-state index in [0.29, 0.717) is 36.3 Å². The number of hydrogen-bond donors (Lipinski definition) is 2. The van der Waals surface area contributed by atoms with Crippen molar-refractivity contribution >= 4 is 40.9 Å². The number of nitrogens with zero attached hydrogens (tertiary/aromatic N) is 4. The van der Waals surface area contributed by atoms with Crippen LogP contribution in [0.4, 0.5) is 16.2 Å². The maximum Gasteiger partial charge on any atom is 0.434 e. The molecule has 1 spiro atoms. The van der Waals surface area contributed by atoms with Crippen molar-refractivity contribution < 1.29 is 24.0 Å². The monoisotopic (exact) mass is 652 g/mol. The minimum atomic E-state index is -1.06. The quantitative estimate of drug-likeness (QED) is 0.468. The first-order chi connectivity index (χ1) is 22.1. The number of nitrogen functional groups attached to an aromatic ring is 1. The number of hydrogen-bond acceptors (Lipinski definition) is 8. The Balaban J connectivity index is 1.13. The van der Waals surface area contributed by atoms with Crippen LogP contribution in [0.5, 0.6) is 0 Å². The third kappa shape index (κ3) is 6.97. The highest BCUT2D eigenvalue weighted by Crippen LogP contribution is 2.42. The molecule has 3 N–H and O–H groups in total. The van der Waals surface area contributed by atoms with Gasteiger partial charge in [0.25, 0.3) is 5.91 Å². The molecule has 248 valence electrons. The van der Waals surface area contributed by atoms with Gasteiger partial charge < -0.3 is 25.6 Å². The van der Waals surface area contributed by atoms with Crippen LogP contribution in [0.2, 0.25) is 5.02 Å². The average molecular weight is 653 g/mol. The summed E-state index contributed by atoms with van der Waals surface area (Å²) in [4.78, 5) is 52.8. The summed E-state index contributed by atoms with van der Waals surface area (Å²) in [6, 6.07) is 11.7. The van der Waals surface area contributed by atoms with Gasteiger partial charge in [-0.25, -0.2) is 4.79 Å². The second-order valence-electron chi connectivity index (χ2n) is 13.3. The van der Waals surface area contributed by atoms with Gasteiger partial charge in [-0.1, -0.05) is 35.9 Å². The Labute approximate surface area is 275 Å². The lowest BCUT2D eigenvalue weighted by Gasteiger charge is -2.43. The van der Waals surface area contributed by atoms with E-state index in [4.69, 9.17) is 26.9 Å². The molecular formula is C34H45ClN6O5. The lowest BCUT2D eigenvalue weighted by Crippen LogP contribution is -2.53. The molecule has 2 aromatic carbocycles. The van der Waals surface area contributed by atoms with Crippen LogP contribution in [-0.4, -0.2) is 109 Å². The Morgan fingerprint density at radius 1 is 1.11 bits per heavy atom. The first-order valence-corrected chi connectivity index (χ1v) is 16.8. The Kier molecular flexibility index (Phi) is 9.75. The average Bonchev–Trinajstić information content (AvgIpc) is 3.27. The van der Waals surface area contributed by atoms with E-state index in [9.17, 15) is 14.4 Å². The molecule has 0 aromatic heterocycles. The minimum absolute atomic E-state index is 0.0756. The SMILES string of the molecule is Cc1cc(C[C@@H](OC(=O)N2CCC3(CO2)CC(=O)Nc2ccccc23)C(=O)N2CCC(N3CCCN(C)CC3)CC2)cc(Cl)c1N. The van der Waals surface area contributed by atoms with Crippen LogP contribution < -0.4 is 11.1 Å². The number of benzene rings is 2. The predicted octanol–water partition coefficient (Wildman–Crippen LogP) is 3.82. The molecule has 0 bridgehead atoms. The van der Waals surface area contributed by atoms with Crippen molar-refractivity contribution in [2.75, 3.05) is 70.5 Å². The van der Waals surface area contributed by atoms with E-state index >= 15 is 0 Å². The van der Waals surface area contributed by atoms with Gasteiger partial charge in [0.15, 0.2) is 6.10 Å². The summed E-state index contributed by atoms with van der Waals surface area (Å²) in [6.07, 6.45) is 2.10. The largest absolute Gasteiger partial charge is 0.434 e. The zero-order chi connectivity index (χ0) is 32.4. The van der Waals surface area contributed by atoms with Crippen LogP contribution in [0.25, 0.3) is 0 Å². The van der Waals surface area contributed by atoms with E-state index < -0.39 is 17.6 Å². The molecule has 6 rings (SSSR count). The van der Waals surface area contributed by atoms with Crippen molar-refractivity contribution in [3.8, 4) is 0 Å². The molecule has 3 fully saturated rings. The number of halogens is 1. The molecule has 4 aliphatic rings. The molecule has 11 nitrogen and oxygen atoms in total. The number of nitrogens with two attached hydrogens (primary N) is 1. The number of carbonyl (C=O) groups excluding carboxylic acids is 3. The van der Waals surface area contributed by atoms with E-state index in [1.807, 2.05) is 42.2 Å². The third-order valence-electron chi connectivity index (χ3n) is 10.1. The fraction of sp³-hybridized carbons (Fsp3) is 0.559. The summed E-state index contributed by atoms with van der Waals surface area (Å²) in [6.45, 7) is 7.74. The zero-order valence-corrected chi connectivity index (χ0v) is 27.6. The lowest BCUT2D eigenvalue weighted by molar-refractivity contribution is -0.187. The number of carbonyl (C=O) groups is 3.